The Morgan fingerprint density at radius 1 is 1.03 bits per heavy atom. The van der Waals surface area contributed by atoms with E-state index in [1.807, 2.05) is 0 Å². The molecule has 0 spiro atoms. The number of carboxylic acid groups (broad SMARTS) is 2. The van der Waals surface area contributed by atoms with Crippen molar-refractivity contribution in [3.8, 4) is 0 Å². The molecule has 0 aliphatic heterocycles. The van der Waals surface area contributed by atoms with Gasteiger partial charge < -0.3 is 15.5 Å². The highest BCUT2D eigenvalue weighted by Gasteiger charge is 2.33. The molecule has 0 rings (SSSR count). The van der Waals surface area contributed by atoms with Gasteiger partial charge in [-0.2, -0.15) is 11.8 Å². The summed E-state index contributed by atoms with van der Waals surface area (Å²) in [5, 5.41) is 20.7. The molecule has 7 heteroatoms. The second-order valence-corrected chi connectivity index (χ2v) is 10.4. The van der Waals surface area contributed by atoms with Crippen LogP contribution < -0.4 is 5.32 Å². The molecule has 0 heterocycles. The van der Waals surface area contributed by atoms with Crippen molar-refractivity contribution < 1.29 is 24.6 Å². The van der Waals surface area contributed by atoms with Crippen molar-refractivity contribution in [3.63, 3.8) is 0 Å². The van der Waals surface area contributed by atoms with Gasteiger partial charge in [0.25, 0.3) is 0 Å². The summed E-state index contributed by atoms with van der Waals surface area (Å²) >= 11 is 1.43. The van der Waals surface area contributed by atoms with E-state index in [0.717, 1.165) is 25.2 Å². The Hall–Kier alpha value is -1.76. The fourth-order valence-electron chi connectivity index (χ4n) is 2.91. The SMILES string of the molecule is CC(=CCSCC(NC(=O)C(C)(C)CC(=O)O)C(=O)O)CCC=C(C)CCCC(C)C. The molecule has 0 saturated carbocycles. The smallest absolute Gasteiger partial charge is 0.327 e. The third kappa shape index (κ3) is 14.8. The fraction of sp³-hybridized carbons (Fsp3) is 0.708. The van der Waals surface area contributed by atoms with E-state index in [1.165, 1.54) is 49.6 Å². The van der Waals surface area contributed by atoms with Gasteiger partial charge in [0, 0.05) is 11.5 Å². The monoisotopic (exact) mass is 455 g/mol. The summed E-state index contributed by atoms with van der Waals surface area (Å²) in [4.78, 5) is 34.6. The number of hydrogen-bond acceptors (Lipinski definition) is 4. The first-order valence-corrected chi connectivity index (χ1v) is 12.1. The van der Waals surface area contributed by atoms with Crippen LogP contribution in [-0.4, -0.2) is 45.6 Å². The normalized spacial score (nSPS) is 13.9. The summed E-state index contributed by atoms with van der Waals surface area (Å²) in [6.07, 6.45) is 9.68. The van der Waals surface area contributed by atoms with Gasteiger partial charge in [-0.15, -0.1) is 0 Å². The van der Waals surface area contributed by atoms with Crippen LogP contribution in [0.1, 0.15) is 80.1 Å². The highest BCUT2D eigenvalue weighted by molar-refractivity contribution is 7.99. The topological polar surface area (TPSA) is 104 Å². The molecule has 0 aliphatic carbocycles. The van der Waals surface area contributed by atoms with Crippen LogP contribution in [0.25, 0.3) is 0 Å². The summed E-state index contributed by atoms with van der Waals surface area (Å²) in [5.74, 6) is -1.14. The summed E-state index contributed by atoms with van der Waals surface area (Å²) < 4.78 is 0. The minimum Gasteiger partial charge on any atom is -0.481 e. The standard InChI is InChI=1S/C24H41NO5S/c1-17(2)9-7-10-18(3)11-8-12-19(4)13-14-31-16-20(22(28)29)25-23(30)24(5,6)15-21(26)27/h11,13,17,20H,7-10,12,14-16H2,1-6H3,(H,25,30)(H,26,27)(H,28,29). The molecule has 0 bridgehead atoms. The molecule has 0 aromatic heterocycles. The Morgan fingerprint density at radius 3 is 2.19 bits per heavy atom. The molecular weight excluding hydrogens is 414 g/mol. The third-order valence-corrected chi connectivity index (χ3v) is 6.00. The number of carboxylic acids is 2. The van der Waals surface area contributed by atoms with Crippen LogP contribution >= 0.6 is 11.8 Å². The summed E-state index contributed by atoms with van der Waals surface area (Å²) in [6, 6.07) is -1.05. The molecule has 1 atom stereocenters. The number of nitrogens with one attached hydrogen (secondary N) is 1. The maximum atomic E-state index is 12.3. The summed E-state index contributed by atoms with van der Waals surface area (Å²) in [5.41, 5.74) is 1.53. The summed E-state index contributed by atoms with van der Waals surface area (Å²) in [7, 11) is 0. The summed E-state index contributed by atoms with van der Waals surface area (Å²) in [6.45, 7) is 11.8. The minimum atomic E-state index is -1.17. The van der Waals surface area contributed by atoms with E-state index in [0.29, 0.717) is 5.75 Å². The van der Waals surface area contributed by atoms with Crippen molar-refractivity contribution >= 4 is 29.6 Å². The molecule has 0 aromatic carbocycles. The zero-order valence-corrected chi connectivity index (χ0v) is 20.8. The van der Waals surface area contributed by atoms with E-state index in [2.05, 4.69) is 45.2 Å². The Balaban J connectivity index is 4.39. The second kappa shape index (κ2) is 15.1. The lowest BCUT2D eigenvalue weighted by atomic mass is 9.88. The van der Waals surface area contributed by atoms with E-state index in [9.17, 15) is 19.5 Å². The van der Waals surface area contributed by atoms with Crippen molar-refractivity contribution in [1.29, 1.82) is 0 Å². The van der Waals surface area contributed by atoms with Crippen molar-refractivity contribution in [2.75, 3.05) is 11.5 Å². The molecule has 0 aromatic rings. The number of amides is 1. The Bertz CT molecular complexity index is 652. The van der Waals surface area contributed by atoms with E-state index < -0.39 is 29.3 Å². The number of hydrogen-bond donors (Lipinski definition) is 3. The molecule has 0 fully saturated rings. The molecule has 178 valence electrons. The first-order chi connectivity index (χ1) is 14.3. The molecule has 3 N–H and O–H groups in total. The molecule has 0 aliphatic rings. The largest absolute Gasteiger partial charge is 0.481 e. The molecule has 1 amide bonds. The number of allylic oxidation sites excluding steroid dienone is 3. The maximum Gasteiger partial charge on any atom is 0.327 e. The number of carbonyl (C=O) groups is 3. The highest BCUT2D eigenvalue weighted by atomic mass is 32.2. The van der Waals surface area contributed by atoms with Crippen LogP contribution in [-0.2, 0) is 14.4 Å². The van der Waals surface area contributed by atoms with Crippen LogP contribution in [0.5, 0.6) is 0 Å². The van der Waals surface area contributed by atoms with Gasteiger partial charge in [0.05, 0.1) is 11.8 Å². The molecule has 1 unspecified atom stereocenters. The lowest BCUT2D eigenvalue weighted by Gasteiger charge is -2.24. The average Bonchev–Trinajstić information content (AvgIpc) is 2.62. The molecule has 0 radical (unpaired) electrons. The van der Waals surface area contributed by atoms with Crippen molar-refractivity contribution in [1.82, 2.24) is 5.32 Å². The van der Waals surface area contributed by atoms with Crippen molar-refractivity contribution in [2.24, 2.45) is 11.3 Å². The minimum absolute atomic E-state index is 0.225. The third-order valence-electron chi connectivity index (χ3n) is 5.03. The van der Waals surface area contributed by atoms with Crippen molar-refractivity contribution in [2.45, 2.75) is 86.1 Å². The number of rotatable bonds is 16. The predicted octanol–water partition coefficient (Wildman–Crippen LogP) is 5.29. The fourth-order valence-corrected chi connectivity index (χ4v) is 3.91. The van der Waals surface area contributed by atoms with Gasteiger partial charge >= 0.3 is 11.9 Å². The molecular formula is C24H41NO5S. The first-order valence-electron chi connectivity index (χ1n) is 11.0. The van der Waals surface area contributed by atoms with E-state index in [1.54, 1.807) is 0 Å². The van der Waals surface area contributed by atoms with Gasteiger partial charge in [-0.1, -0.05) is 57.4 Å². The molecule has 0 saturated heterocycles. The lowest BCUT2D eigenvalue weighted by molar-refractivity contribution is -0.146. The van der Waals surface area contributed by atoms with Gasteiger partial charge in [-0.05, 0) is 45.4 Å². The first kappa shape index (κ1) is 29.2. The molecule has 31 heavy (non-hydrogen) atoms. The Labute approximate surface area is 191 Å². The van der Waals surface area contributed by atoms with E-state index in [4.69, 9.17) is 5.11 Å². The quantitative estimate of drug-likeness (QED) is 0.216. The van der Waals surface area contributed by atoms with E-state index >= 15 is 0 Å². The second-order valence-electron chi connectivity index (χ2n) is 9.28. The van der Waals surface area contributed by atoms with Gasteiger partial charge in [0.15, 0.2) is 0 Å². The van der Waals surface area contributed by atoms with Gasteiger partial charge in [0.1, 0.15) is 6.04 Å². The van der Waals surface area contributed by atoms with Crippen LogP contribution in [0, 0.1) is 11.3 Å². The number of aliphatic carboxylic acids is 2. The van der Waals surface area contributed by atoms with Gasteiger partial charge in [-0.25, -0.2) is 4.79 Å². The predicted molar refractivity (Wildman–Crippen MR) is 128 cm³/mol. The number of thioether (sulfide) groups is 1. The van der Waals surface area contributed by atoms with Crippen molar-refractivity contribution in [3.05, 3.63) is 23.3 Å². The van der Waals surface area contributed by atoms with Crippen LogP contribution in [0.3, 0.4) is 0 Å². The average molecular weight is 456 g/mol. The Kier molecular flexibility index (Phi) is 14.3. The van der Waals surface area contributed by atoms with E-state index in [-0.39, 0.29) is 12.2 Å². The van der Waals surface area contributed by atoms with Gasteiger partial charge in [0.2, 0.25) is 5.91 Å². The number of carbonyl (C=O) groups excluding carboxylic acids is 1. The van der Waals surface area contributed by atoms with Crippen LogP contribution in [0.4, 0.5) is 0 Å². The maximum absolute atomic E-state index is 12.3. The van der Waals surface area contributed by atoms with Crippen LogP contribution in [0.15, 0.2) is 23.3 Å². The van der Waals surface area contributed by atoms with Crippen LogP contribution in [0.2, 0.25) is 0 Å². The zero-order valence-electron chi connectivity index (χ0n) is 20.0. The lowest BCUT2D eigenvalue weighted by Crippen LogP contribution is -2.48. The zero-order chi connectivity index (χ0) is 24.0. The van der Waals surface area contributed by atoms with Gasteiger partial charge in [-0.3, -0.25) is 9.59 Å². The molecule has 6 nitrogen and oxygen atoms in total. The Morgan fingerprint density at radius 2 is 1.65 bits per heavy atom. The highest BCUT2D eigenvalue weighted by Crippen LogP contribution is 2.21.